The molecule has 0 aliphatic heterocycles. The third-order valence-corrected chi connectivity index (χ3v) is 4.33. The van der Waals surface area contributed by atoms with Gasteiger partial charge in [0.15, 0.2) is 0 Å². The van der Waals surface area contributed by atoms with E-state index in [2.05, 4.69) is 0 Å². The van der Waals surface area contributed by atoms with Crippen LogP contribution in [-0.2, 0) is 27.7 Å². The van der Waals surface area contributed by atoms with Gasteiger partial charge in [0.05, 0.1) is 17.8 Å². The maximum atomic E-state index is 12.9. The van der Waals surface area contributed by atoms with Crippen LogP contribution in [0.4, 0.5) is 0 Å². The van der Waals surface area contributed by atoms with E-state index in [1.54, 1.807) is 69.2 Å². The van der Waals surface area contributed by atoms with E-state index >= 15 is 0 Å². The van der Waals surface area contributed by atoms with Crippen molar-refractivity contribution in [3.63, 3.8) is 0 Å². The molecule has 0 aliphatic rings. The van der Waals surface area contributed by atoms with Gasteiger partial charge in [-0.1, -0.05) is 5.57 Å². The minimum atomic E-state index is -3.73. The maximum absolute atomic E-state index is 12.9. The van der Waals surface area contributed by atoms with Crippen molar-refractivity contribution in [2.45, 2.75) is 92.5 Å². The first kappa shape index (κ1) is 24.3. The van der Waals surface area contributed by atoms with Gasteiger partial charge in [-0.3, -0.25) is 13.6 Å². The summed E-state index contributed by atoms with van der Waals surface area (Å²) in [5.74, 6) is -0.412. The molecule has 7 heteroatoms. The zero-order chi connectivity index (χ0) is 20.1. The number of hydrogen-bond donors (Lipinski definition) is 0. The molecule has 0 saturated carbocycles. The third-order valence-electron chi connectivity index (χ3n) is 2.29. The van der Waals surface area contributed by atoms with Crippen molar-refractivity contribution in [3.8, 4) is 0 Å². The van der Waals surface area contributed by atoms with Gasteiger partial charge >= 0.3 is 13.8 Å². The first-order chi connectivity index (χ1) is 10.9. The first-order valence-electron chi connectivity index (χ1n) is 8.47. The van der Waals surface area contributed by atoms with Gasteiger partial charge in [-0.2, -0.15) is 0 Å². The number of ether oxygens (including phenoxy) is 1. The molecule has 0 heterocycles. The van der Waals surface area contributed by atoms with Crippen LogP contribution in [0.15, 0.2) is 11.6 Å². The van der Waals surface area contributed by atoms with E-state index < -0.39 is 30.6 Å². The van der Waals surface area contributed by atoms with Gasteiger partial charge in [0.2, 0.25) is 0 Å². The molecule has 0 aromatic rings. The maximum Gasteiger partial charge on any atom is 0.475 e. The molecule has 0 spiro atoms. The Hall–Kier alpha value is -0.680. The SMILES string of the molecule is C/C(=C\C(=O)OC(C)(C)C)CCOP(=O)(OC(C)(C)C)OC(C)(C)C. The van der Waals surface area contributed by atoms with Crippen molar-refractivity contribution in [1.82, 2.24) is 0 Å². The lowest BCUT2D eigenvalue weighted by Crippen LogP contribution is -2.25. The average molecular weight is 378 g/mol. The number of phosphoric ester groups is 1. The molecular weight excluding hydrogens is 343 g/mol. The molecule has 148 valence electrons. The second kappa shape index (κ2) is 8.81. The standard InChI is InChI=1S/C18H35O6P/c1-14(13-15(19)22-16(2,3)4)11-12-21-25(20,23-17(5,6)7)24-18(8,9)10/h13H,11-12H2,1-10H3/b14-13+. The first-order valence-corrected chi connectivity index (χ1v) is 9.93. The second-order valence-electron chi connectivity index (χ2n) is 8.96. The molecule has 0 aromatic carbocycles. The van der Waals surface area contributed by atoms with Crippen LogP contribution in [-0.4, -0.2) is 29.4 Å². The number of esters is 1. The Bertz CT molecular complexity index is 497. The van der Waals surface area contributed by atoms with Gasteiger partial charge in [0, 0.05) is 6.08 Å². The van der Waals surface area contributed by atoms with Crippen molar-refractivity contribution in [1.29, 1.82) is 0 Å². The molecule has 25 heavy (non-hydrogen) atoms. The smallest absolute Gasteiger partial charge is 0.457 e. The van der Waals surface area contributed by atoms with E-state index in [9.17, 15) is 9.36 Å². The highest BCUT2D eigenvalue weighted by Gasteiger charge is 2.36. The molecule has 0 saturated heterocycles. The number of rotatable bonds is 7. The summed E-state index contributed by atoms with van der Waals surface area (Å²) in [7, 11) is -3.73. The van der Waals surface area contributed by atoms with Crippen molar-refractivity contribution in [2.24, 2.45) is 0 Å². The zero-order valence-corrected chi connectivity index (χ0v) is 18.3. The molecular formula is C18H35O6P. The van der Waals surface area contributed by atoms with E-state index in [-0.39, 0.29) is 6.61 Å². The summed E-state index contributed by atoms with van der Waals surface area (Å²) in [6, 6.07) is 0. The molecule has 0 fully saturated rings. The molecule has 0 rings (SSSR count). The summed E-state index contributed by atoms with van der Waals surface area (Å²) in [5, 5.41) is 0. The summed E-state index contributed by atoms with van der Waals surface area (Å²) in [6.45, 7) is 18.0. The predicted molar refractivity (Wildman–Crippen MR) is 99.5 cm³/mol. The molecule has 0 aromatic heterocycles. The van der Waals surface area contributed by atoms with E-state index in [0.717, 1.165) is 5.57 Å². The van der Waals surface area contributed by atoms with E-state index in [4.69, 9.17) is 18.3 Å². The number of carbonyl (C=O) groups is 1. The van der Waals surface area contributed by atoms with Crippen LogP contribution in [0.5, 0.6) is 0 Å². The van der Waals surface area contributed by atoms with Gasteiger partial charge < -0.3 is 4.74 Å². The fourth-order valence-corrected chi connectivity index (χ4v) is 3.46. The summed E-state index contributed by atoms with van der Waals surface area (Å²) in [6.07, 6.45) is 1.82. The molecule has 0 radical (unpaired) electrons. The fraction of sp³-hybridized carbons (Fsp3) is 0.833. The molecule has 0 aliphatic carbocycles. The van der Waals surface area contributed by atoms with Crippen LogP contribution in [0.2, 0.25) is 0 Å². The molecule has 0 atom stereocenters. The Morgan fingerprint density at radius 3 is 1.68 bits per heavy atom. The highest BCUT2D eigenvalue weighted by Crippen LogP contribution is 2.55. The van der Waals surface area contributed by atoms with Crippen LogP contribution in [0, 0.1) is 0 Å². The average Bonchev–Trinajstić information content (AvgIpc) is 2.18. The lowest BCUT2D eigenvalue weighted by Gasteiger charge is -2.30. The normalized spacial score (nSPS) is 14.6. The Morgan fingerprint density at radius 1 is 0.880 bits per heavy atom. The Morgan fingerprint density at radius 2 is 1.32 bits per heavy atom. The number of carbonyl (C=O) groups excluding carboxylic acids is 1. The van der Waals surface area contributed by atoms with Crippen LogP contribution in [0.1, 0.15) is 75.7 Å². The topological polar surface area (TPSA) is 71.1 Å². The largest absolute Gasteiger partial charge is 0.475 e. The van der Waals surface area contributed by atoms with Crippen LogP contribution >= 0.6 is 7.82 Å². The molecule has 0 unspecified atom stereocenters. The summed E-state index contributed by atoms with van der Waals surface area (Å²) in [4.78, 5) is 11.8. The van der Waals surface area contributed by atoms with E-state index in [1.165, 1.54) is 6.08 Å². The van der Waals surface area contributed by atoms with Gasteiger partial charge in [0.25, 0.3) is 0 Å². The van der Waals surface area contributed by atoms with Crippen LogP contribution in [0.25, 0.3) is 0 Å². The Balaban J connectivity index is 4.80. The number of phosphoric acid groups is 1. The van der Waals surface area contributed by atoms with E-state index in [1.807, 2.05) is 0 Å². The van der Waals surface area contributed by atoms with Gasteiger partial charge in [-0.25, -0.2) is 9.36 Å². The molecule has 0 amide bonds. The quantitative estimate of drug-likeness (QED) is 0.335. The van der Waals surface area contributed by atoms with Gasteiger partial charge in [-0.05, 0) is 75.7 Å². The highest BCUT2D eigenvalue weighted by molar-refractivity contribution is 7.48. The Labute approximate surface area is 152 Å². The van der Waals surface area contributed by atoms with Crippen molar-refractivity contribution >= 4 is 13.8 Å². The molecule has 0 bridgehead atoms. The summed E-state index contributed by atoms with van der Waals surface area (Å²) < 4.78 is 34.6. The minimum absolute atomic E-state index is 0.106. The zero-order valence-electron chi connectivity index (χ0n) is 17.4. The van der Waals surface area contributed by atoms with Crippen molar-refractivity contribution in [3.05, 3.63) is 11.6 Å². The lowest BCUT2D eigenvalue weighted by molar-refractivity contribution is -0.148. The summed E-state index contributed by atoms with van der Waals surface area (Å²) in [5.41, 5.74) is -1.14. The van der Waals surface area contributed by atoms with Crippen LogP contribution < -0.4 is 0 Å². The van der Waals surface area contributed by atoms with Crippen molar-refractivity contribution < 1.29 is 27.7 Å². The summed E-state index contributed by atoms with van der Waals surface area (Å²) >= 11 is 0. The van der Waals surface area contributed by atoms with Crippen LogP contribution in [0.3, 0.4) is 0 Å². The molecule has 6 nitrogen and oxygen atoms in total. The highest BCUT2D eigenvalue weighted by atomic mass is 31.2. The number of hydrogen-bond acceptors (Lipinski definition) is 6. The third kappa shape index (κ3) is 14.2. The molecule has 0 N–H and O–H groups in total. The minimum Gasteiger partial charge on any atom is -0.457 e. The van der Waals surface area contributed by atoms with Crippen molar-refractivity contribution in [2.75, 3.05) is 6.61 Å². The Kier molecular flexibility index (Phi) is 8.57. The lowest BCUT2D eigenvalue weighted by atomic mass is 10.2. The van der Waals surface area contributed by atoms with E-state index in [0.29, 0.717) is 6.42 Å². The second-order valence-corrected chi connectivity index (χ2v) is 10.5. The van der Waals surface area contributed by atoms with Gasteiger partial charge in [-0.15, -0.1) is 0 Å². The predicted octanol–water partition coefficient (Wildman–Crippen LogP) is 5.42. The fourth-order valence-electron chi connectivity index (χ4n) is 1.67. The monoisotopic (exact) mass is 378 g/mol. The van der Waals surface area contributed by atoms with Gasteiger partial charge in [0.1, 0.15) is 5.60 Å².